The van der Waals surface area contributed by atoms with Gasteiger partial charge in [0.1, 0.15) is 0 Å². The fraction of sp³-hybridized carbons (Fsp3) is 0.818. The van der Waals surface area contributed by atoms with Crippen molar-refractivity contribution < 1.29 is 0 Å². The third kappa shape index (κ3) is 2.88. The Morgan fingerprint density at radius 3 is 2.50 bits per heavy atom. The fourth-order valence-electron chi connectivity index (χ4n) is 1.77. The molecule has 0 unspecified atom stereocenters. The minimum absolute atomic E-state index is 1.22. The van der Waals surface area contributed by atoms with E-state index in [1.54, 1.807) is 0 Å². The van der Waals surface area contributed by atoms with Gasteiger partial charge in [0.2, 0.25) is 0 Å². The molecule has 0 N–H and O–H groups in total. The summed E-state index contributed by atoms with van der Waals surface area (Å²) in [5.74, 6) is 0. The number of unbranched alkanes of at least 4 members (excludes halogenated alkanes) is 2. The minimum atomic E-state index is 1.22. The topological polar surface area (TPSA) is 3.24 Å². The van der Waals surface area contributed by atoms with E-state index in [9.17, 15) is 0 Å². The highest BCUT2D eigenvalue weighted by Gasteiger charge is 2.11. The summed E-state index contributed by atoms with van der Waals surface area (Å²) >= 11 is 0. The second-order valence-corrected chi connectivity index (χ2v) is 3.72. The quantitative estimate of drug-likeness (QED) is 0.568. The molecule has 0 amide bonds. The molecular formula is C11H21N. The van der Waals surface area contributed by atoms with E-state index < -0.39 is 0 Å². The first-order valence-electron chi connectivity index (χ1n) is 5.27. The van der Waals surface area contributed by atoms with Crippen molar-refractivity contribution in [3.63, 3.8) is 0 Å². The smallest absolute Gasteiger partial charge is 0.0175 e. The highest BCUT2D eigenvalue weighted by atomic mass is 15.1. The van der Waals surface area contributed by atoms with Gasteiger partial charge in [-0.15, -0.1) is 0 Å². The summed E-state index contributed by atoms with van der Waals surface area (Å²) in [5, 5.41) is 0. The molecule has 1 aliphatic rings. The highest BCUT2D eigenvalue weighted by molar-refractivity contribution is 4.95. The number of likely N-dealkylation sites (tertiary alicyclic amines) is 1. The van der Waals surface area contributed by atoms with Crippen LogP contribution in [0.25, 0.3) is 0 Å². The van der Waals surface area contributed by atoms with Gasteiger partial charge >= 0.3 is 0 Å². The van der Waals surface area contributed by atoms with Gasteiger partial charge in [-0.05, 0) is 25.7 Å². The zero-order valence-corrected chi connectivity index (χ0v) is 8.31. The molecule has 1 nitrogen and oxygen atoms in total. The van der Waals surface area contributed by atoms with Crippen molar-refractivity contribution in [3.05, 3.63) is 12.3 Å². The van der Waals surface area contributed by atoms with E-state index in [0.29, 0.717) is 0 Å². The Kier molecular flexibility index (Phi) is 4.20. The lowest BCUT2D eigenvalue weighted by Crippen LogP contribution is -2.17. The molecule has 0 bridgehead atoms. The van der Waals surface area contributed by atoms with Crippen molar-refractivity contribution in [2.75, 3.05) is 13.1 Å². The Bertz CT molecular complexity index is 134. The standard InChI is InChI=1S/C11H21N/c1-3-4-5-8-11(2)12-9-6-7-10-12/h2-10H2,1H3. The molecule has 70 valence electrons. The molecule has 1 aliphatic heterocycles. The zero-order chi connectivity index (χ0) is 8.81. The maximum Gasteiger partial charge on any atom is 0.0175 e. The average Bonchev–Trinajstić information content (AvgIpc) is 2.56. The zero-order valence-electron chi connectivity index (χ0n) is 8.31. The molecular weight excluding hydrogens is 146 g/mol. The summed E-state index contributed by atoms with van der Waals surface area (Å²) in [6.07, 6.45) is 7.94. The van der Waals surface area contributed by atoms with Crippen LogP contribution in [0.15, 0.2) is 12.3 Å². The molecule has 0 atom stereocenters. The average molecular weight is 167 g/mol. The van der Waals surface area contributed by atoms with Gasteiger partial charge in [0.25, 0.3) is 0 Å². The fourth-order valence-corrected chi connectivity index (χ4v) is 1.77. The van der Waals surface area contributed by atoms with Gasteiger partial charge in [-0.3, -0.25) is 0 Å². The van der Waals surface area contributed by atoms with Crippen molar-refractivity contribution in [1.29, 1.82) is 0 Å². The summed E-state index contributed by atoms with van der Waals surface area (Å²) < 4.78 is 0. The third-order valence-electron chi connectivity index (χ3n) is 2.62. The number of allylic oxidation sites excluding steroid dienone is 1. The Labute approximate surface area is 76.5 Å². The monoisotopic (exact) mass is 167 g/mol. The van der Waals surface area contributed by atoms with Crippen molar-refractivity contribution in [2.24, 2.45) is 0 Å². The molecule has 1 fully saturated rings. The molecule has 0 aliphatic carbocycles. The van der Waals surface area contributed by atoms with E-state index in [1.165, 1.54) is 57.3 Å². The number of nitrogens with zero attached hydrogens (tertiary/aromatic N) is 1. The first-order valence-corrected chi connectivity index (χ1v) is 5.27. The number of rotatable bonds is 5. The van der Waals surface area contributed by atoms with Crippen LogP contribution < -0.4 is 0 Å². The van der Waals surface area contributed by atoms with Gasteiger partial charge in [0, 0.05) is 18.8 Å². The second-order valence-electron chi connectivity index (χ2n) is 3.72. The first-order chi connectivity index (χ1) is 5.84. The molecule has 0 radical (unpaired) electrons. The molecule has 12 heavy (non-hydrogen) atoms. The van der Waals surface area contributed by atoms with Gasteiger partial charge < -0.3 is 4.90 Å². The van der Waals surface area contributed by atoms with Crippen LogP contribution in [0.4, 0.5) is 0 Å². The summed E-state index contributed by atoms with van der Waals surface area (Å²) in [6.45, 7) is 8.89. The van der Waals surface area contributed by atoms with Gasteiger partial charge in [0.05, 0.1) is 0 Å². The maximum absolute atomic E-state index is 4.13. The Morgan fingerprint density at radius 1 is 1.25 bits per heavy atom. The van der Waals surface area contributed by atoms with Crippen LogP contribution in [0, 0.1) is 0 Å². The van der Waals surface area contributed by atoms with Crippen LogP contribution in [0.3, 0.4) is 0 Å². The molecule has 0 spiro atoms. The summed E-state index contributed by atoms with van der Waals surface area (Å²) in [5.41, 5.74) is 1.38. The Balaban J connectivity index is 2.10. The summed E-state index contributed by atoms with van der Waals surface area (Å²) in [7, 11) is 0. The Hall–Kier alpha value is -0.460. The predicted molar refractivity (Wildman–Crippen MR) is 54.1 cm³/mol. The molecule has 0 aromatic heterocycles. The molecule has 1 heteroatoms. The molecule has 0 aromatic carbocycles. The van der Waals surface area contributed by atoms with E-state index in [0.717, 1.165) is 0 Å². The van der Waals surface area contributed by atoms with Gasteiger partial charge in [-0.25, -0.2) is 0 Å². The first kappa shape index (κ1) is 9.63. The largest absolute Gasteiger partial charge is 0.375 e. The van der Waals surface area contributed by atoms with E-state index in [2.05, 4.69) is 18.4 Å². The van der Waals surface area contributed by atoms with Gasteiger partial charge in [0.15, 0.2) is 0 Å². The van der Waals surface area contributed by atoms with E-state index in [1.807, 2.05) is 0 Å². The second kappa shape index (κ2) is 5.23. The number of hydrogen-bond donors (Lipinski definition) is 0. The summed E-state index contributed by atoms with van der Waals surface area (Å²) in [4.78, 5) is 2.45. The van der Waals surface area contributed by atoms with Crippen LogP contribution in [0.5, 0.6) is 0 Å². The van der Waals surface area contributed by atoms with E-state index in [-0.39, 0.29) is 0 Å². The van der Waals surface area contributed by atoms with Crippen molar-refractivity contribution in [1.82, 2.24) is 4.90 Å². The van der Waals surface area contributed by atoms with E-state index in [4.69, 9.17) is 0 Å². The molecule has 0 saturated carbocycles. The van der Waals surface area contributed by atoms with Gasteiger partial charge in [-0.2, -0.15) is 0 Å². The highest BCUT2D eigenvalue weighted by Crippen LogP contribution is 2.17. The van der Waals surface area contributed by atoms with Crippen LogP contribution in [0.1, 0.15) is 45.4 Å². The molecule has 1 saturated heterocycles. The van der Waals surface area contributed by atoms with Crippen LogP contribution >= 0.6 is 0 Å². The minimum Gasteiger partial charge on any atom is -0.375 e. The lowest BCUT2D eigenvalue weighted by atomic mass is 10.1. The maximum atomic E-state index is 4.13. The van der Waals surface area contributed by atoms with Crippen molar-refractivity contribution in [2.45, 2.75) is 45.4 Å². The van der Waals surface area contributed by atoms with E-state index >= 15 is 0 Å². The number of hydrogen-bond acceptors (Lipinski definition) is 1. The normalized spacial score (nSPS) is 16.9. The Morgan fingerprint density at radius 2 is 1.92 bits per heavy atom. The van der Waals surface area contributed by atoms with Crippen molar-refractivity contribution in [3.8, 4) is 0 Å². The lowest BCUT2D eigenvalue weighted by Gasteiger charge is -2.19. The third-order valence-corrected chi connectivity index (χ3v) is 2.62. The van der Waals surface area contributed by atoms with Crippen LogP contribution in [0.2, 0.25) is 0 Å². The van der Waals surface area contributed by atoms with Gasteiger partial charge in [-0.1, -0.05) is 26.3 Å². The van der Waals surface area contributed by atoms with Crippen LogP contribution in [-0.4, -0.2) is 18.0 Å². The summed E-state index contributed by atoms with van der Waals surface area (Å²) in [6, 6.07) is 0. The van der Waals surface area contributed by atoms with Crippen LogP contribution in [-0.2, 0) is 0 Å². The molecule has 0 aromatic rings. The predicted octanol–water partition coefficient (Wildman–Crippen LogP) is 3.18. The van der Waals surface area contributed by atoms with Crippen molar-refractivity contribution >= 4 is 0 Å². The SMILES string of the molecule is C=C(CCCCC)N1CCCC1. The molecule has 1 heterocycles. The lowest BCUT2D eigenvalue weighted by molar-refractivity contribution is 0.405. The molecule has 1 rings (SSSR count).